The van der Waals surface area contributed by atoms with E-state index in [0.29, 0.717) is 6.54 Å². The third-order valence-electron chi connectivity index (χ3n) is 4.92. The highest BCUT2D eigenvalue weighted by Crippen LogP contribution is 2.24. The number of hydrogen-bond acceptors (Lipinski definition) is 4. The average Bonchev–Trinajstić information content (AvgIpc) is 3.11. The highest BCUT2D eigenvalue weighted by Gasteiger charge is 2.23. The van der Waals surface area contributed by atoms with Gasteiger partial charge >= 0.3 is 0 Å². The topological polar surface area (TPSA) is 36.0 Å². The van der Waals surface area contributed by atoms with Gasteiger partial charge in [0, 0.05) is 56.4 Å². The summed E-state index contributed by atoms with van der Waals surface area (Å²) in [4.78, 5) is 18.9. The summed E-state index contributed by atoms with van der Waals surface area (Å²) < 4.78 is 5.43. The third-order valence-corrected chi connectivity index (χ3v) is 5.15. The van der Waals surface area contributed by atoms with E-state index < -0.39 is 0 Å². The van der Waals surface area contributed by atoms with Crippen LogP contribution in [0.15, 0.2) is 18.2 Å². The number of rotatable bonds is 5. The van der Waals surface area contributed by atoms with Gasteiger partial charge in [-0.25, -0.2) is 0 Å². The number of likely N-dealkylation sites (tertiary alicyclic amines) is 1. The first-order valence-electron chi connectivity index (χ1n) is 8.70. The first-order valence-corrected chi connectivity index (χ1v) is 9.08. The fourth-order valence-electron chi connectivity index (χ4n) is 3.47. The Morgan fingerprint density at radius 2 is 1.75 bits per heavy atom. The van der Waals surface area contributed by atoms with Crippen molar-refractivity contribution < 1.29 is 9.53 Å². The lowest BCUT2D eigenvalue weighted by Gasteiger charge is -2.35. The first-order chi connectivity index (χ1) is 11.7. The third kappa shape index (κ3) is 4.41. The Labute approximate surface area is 149 Å². The quantitative estimate of drug-likeness (QED) is 0.814. The minimum Gasteiger partial charge on any atom is -0.496 e. The Kier molecular flexibility index (Phi) is 5.98. The number of hydrogen-bond donors (Lipinski definition) is 0. The second-order valence-corrected chi connectivity index (χ2v) is 7.03. The van der Waals surface area contributed by atoms with Crippen molar-refractivity contribution >= 4 is 17.5 Å². The molecular weight excluding hydrogens is 326 g/mol. The molecule has 132 valence electrons. The summed E-state index contributed by atoms with van der Waals surface area (Å²) in [6.07, 6.45) is 2.31. The summed E-state index contributed by atoms with van der Waals surface area (Å²) in [7, 11) is 1.69. The fraction of sp³-hybridized carbons (Fsp3) is 0.611. The van der Waals surface area contributed by atoms with Gasteiger partial charge in [0.05, 0.1) is 13.7 Å². The Bertz CT molecular complexity index is 567. The maximum atomic E-state index is 12.2. The smallest absolute Gasteiger partial charge is 0.236 e. The zero-order valence-electron chi connectivity index (χ0n) is 14.3. The van der Waals surface area contributed by atoms with Gasteiger partial charge in [-0.05, 0) is 31.0 Å². The van der Waals surface area contributed by atoms with Gasteiger partial charge in [-0.3, -0.25) is 14.6 Å². The van der Waals surface area contributed by atoms with Crippen LogP contribution in [0, 0.1) is 0 Å². The van der Waals surface area contributed by atoms with Crippen LogP contribution >= 0.6 is 11.6 Å². The lowest BCUT2D eigenvalue weighted by molar-refractivity contribution is -0.131. The lowest BCUT2D eigenvalue weighted by atomic mass is 10.1. The maximum absolute atomic E-state index is 12.2. The molecule has 0 bridgehead atoms. The number of methoxy groups -OCH3 is 1. The molecule has 0 N–H and O–H groups in total. The number of carbonyl (C=O) groups excluding carboxylic acids is 1. The summed E-state index contributed by atoms with van der Waals surface area (Å²) >= 11 is 6.11. The van der Waals surface area contributed by atoms with E-state index in [1.807, 2.05) is 23.1 Å². The van der Waals surface area contributed by atoms with Gasteiger partial charge in [0.25, 0.3) is 0 Å². The molecule has 0 saturated carbocycles. The number of carbonyl (C=O) groups is 1. The molecule has 1 aromatic carbocycles. The molecule has 2 fully saturated rings. The van der Waals surface area contributed by atoms with Gasteiger partial charge < -0.3 is 9.64 Å². The van der Waals surface area contributed by atoms with Crippen LogP contribution in [0.25, 0.3) is 0 Å². The van der Waals surface area contributed by atoms with E-state index in [-0.39, 0.29) is 5.91 Å². The molecule has 6 heteroatoms. The number of amides is 1. The molecule has 2 aliphatic heterocycles. The second kappa shape index (κ2) is 8.19. The van der Waals surface area contributed by atoms with Gasteiger partial charge in [0.1, 0.15) is 5.75 Å². The number of halogens is 1. The number of piperazine rings is 1. The predicted octanol–water partition coefficient (Wildman–Crippen LogP) is 2.09. The van der Waals surface area contributed by atoms with Crippen LogP contribution in [0.1, 0.15) is 18.4 Å². The lowest BCUT2D eigenvalue weighted by Crippen LogP contribution is -2.49. The molecule has 0 aromatic heterocycles. The van der Waals surface area contributed by atoms with Crippen molar-refractivity contribution in [3.63, 3.8) is 0 Å². The van der Waals surface area contributed by atoms with Crippen molar-refractivity contribution in [2.45, 2.75) is 19.4 Å². The molecule has 2 saturated heterocycles. The Hall–Kier alpha value is -1.30. The highest BCUT2D eigenvalue weighted by molar-refractivity contribution is 6.30. The summed E-state index contributed by atoms with van der Waals surface area (Å²) in [5.74, 6) is 1.17. The normalized spacial score (nSPS) is 19.7. The van der Waals surface area contributed by atoms with E-state index in [1.54, 1.807) is 7.11 Å². The molecule has 5 nitrogen and oxygen atoms in total. The van der Waals surface area contributed by atoms with Crippen molar-refractivity contribution in [3.8, 4) is 5.75 Å². The summed E-state index contributed by atoms with van der Waals surface area (Å²) in [5, 5.41) is 0.737. The summed E-state index contributed by atoms with van der Waals surface area (Å²) in [6, 6.07) is 5.75. The minimum absolute atomic E-state index is 0.289. The SMILES string of the molecule is COc1ccc(Cl)cc1CN1CCN(CC(=O)N2CCCC2)CC1. The first kappa shape index (κ1) is 17.5. The van der Waals surface area contributed by atoms with Crippen LogP contribution in [0.2, 0.25) is 5.02 Å². The van der Waals surface area contributed by atoms with Gasteiger partial charge in [-0.15, -0.1) is 0 Å². The van der Waals surface area contributed by atoms with Gasteiger partial charge in [0.15, 0.2) is 0 Å². The molecule has 3 rings (SSSR count). The monoisotopic (exact) mass is 351 g/mol. The number of nitrogens with zero attached hydrogens (tertiary/aromatic N) is 3. The average molecular weight is 352 g/mol. The van der Waals surface area contributed by atoms with Crippen molar-refractivity contribution in [1.82, 2.24) is 14.7 Å². The summed E-state index contributed by atoms with van der Waals surface area (Å²) in [6.45, 7) is 7.06. The standard InChI is InChI=1S/C18H26ClN3O2/c1-24-17-5-4-16(19)12-15(17)13-20-8-10-21(11-9-20)14-18(23)22-6-2-3-7-22/h4-5,12H,2-3,6-11,13-14H2,1H3. The number of benzene rings is 1. The van der Waals surface area contributed by atoms with Crippen molar-refractivity contribution in [3.05, 3.63) is 28.8 Å². The van der Waals surface area contributed by atoms with Crippen molar-refractivity contribution in [2.75, 3.05) is 52.9 Å². The van der Waals surface area contributed by atoms with Gasteiger partial charge in [0.2, 0.25) is 5.91 Å². The largest absolute Gasteiger partial charge is 0.496 e. The Balaban J connectivity index is 1.48. The van der Waals surface area contributed by atoms with E-state index in [0.717, 1.165) is 75.0 Å². The van der Waals surface area contributed by atoms with Crippen molar-refractivity contribution in [2.24, 2.45) is 0 Å². The van der Waals surface area contributed by atoms with Gasteiger partial charge in [-0.1, -0.05) is 11.6 Å². The Morgan fingerprint density at radius 3 is 2.42 bits per heavy atom. The van der Waals surface area contributed by atoms with Crippen LogP contribution in [0.4, 0.5) is 0 Å². The van der Waals surface area contributed by atoms with E-state index in [4.69, 9.17) is 16.3 Å². The molecule has 1 amide bonds. The molecule has 0 spiro atoms. The molecule has 0 radical (unpaired) electrons. The number of ether oxygens (including phenoxy) is 1. The molecule has 0 aliphatic carbocycles. The molecule has 1 aromatic rings. The van der Waals surface area contributed by atoms with E-state index >= 15 is 0 Å². The summed E-state index contributed by atoms with van der Waals surface area (Å²) in [5.41, 5.74) is 1.12. The molecule has 2 heterocycles. The zero-order valence-corrected chi connectivity index (χ0v) is 15.1. The molecule has 0 unspecified atom stereocenters. The molecule has 2 aliphatic rings. The van der Waals surface area contributed by atoms with Crippen LogP contribution in [-0.2, 0) is 11.3 Å². The predicted molar refractivity (Wildman–Crippen MR) is 95.5 cm³/mol. The van der Waals surface area contributed by atoms with Crippen LogP contribution in [0.3, 0.4) is 0 Å². The van der Waals surface area contributed by atoms with E-state index in [1.165, 1.54) is 0 Å². The van der Waals surface area contributed by atoms with E-state index in [2.05, 4.69) is 9.80 Å². The van der Waals surface area contributed by atoms with Crippen molar-refractivity contribution in [1.29, 1.82) is 0 Å². The second-order valence-electron chi connectivity index (χ2n) is 6.60. The van der Waals surface area contributed by atoms with Gasteiger partial charge in [-0.2, -0.15) is 0 Å². The highest BCUT2D eigenvalue weighted by atomic mass is 35.5. The Morgan fingerprint density at radius 1 is 1.08 bits per heavy atom. The zero-order chi connectivity index (χ0) is 16.9. The maximum Gasteiger partial charge on any atom is 0.236 e. The van der Waals surface area contributed by atoms with Crippen LogP contribution in [0.5, 0.6) is 5.75 Å². The van der Waals surface area contributed by atoms with Crippen LogP contribution < -0.4 is 4.74 Å². The van der Waals surface area contributed by atoms with Crippen LogP contribution in [-0.4, -0.2) is 73.5 Å². The van der Waals surface area contributed by atoms with E-state index in [9.17, 15) is 4.79 Å². The molecule has 0 atom stereocenters. The molecule has 24 heavy (non-hydrogen) atoms. The molecular formula is C18H26ClN3O2. The fourth-order valence-corrected chi connectivity index (χ4v) is 3.67. The minimum atomic E-state index is 0.289.